The Morgan fingerprint density at radius 2 is 2.06 bits per heavy atom. The molecule has 2 rings (SSSR count). The van der Waals surface area contributed by atoms with E-state index in [2.05, 4.69) is 0 Å². The van der Waals surface area contributed by atoms with Crippen LogP contribution in [0.5, 0.6) is 11.5 Å². The second-order valence-electron chi connectivity index (χ2n) is 3.87. The highest BCUT2D eigenvalue weighted by atomic mass is 35.5. The van der Waals surface area contributed by atoms with E-state index in [9.17, 15) is 10.2 Å². The molecule has 0 bridgehead atoms. The van der Waals surface area contributed by atoms with E-state index in [1.54, 1.807) is 6.07 Å². The fourth-order valence-corrected chi connectivity index (χ4v) is 2.03. The van der Waals surface area contributed by atoms with Crippen molar-refractivity contribution < 1.29 is 20.1 Å². The summed E-state index contributed by atoms with van der Waals surface area (Å²) in [5, 5.41) is 28.2. The van der Waals surface area contributed by atoms with E-state index in [1.807, 2.05) is 0 Å². The third-order valence-corrected chi connectivity index (χ3v) is 2.85. The van der Waals surface area contributed by atoms with Gasteiger partial charge in [0, 0.05) is 18.5 Å². The van der Waals surface area contributed by atoms with Crippen LogP contribution in [0.1, 0.15) is 17.2 Å². The molecule has 0 spiro atoms. The number of aliphatic hydroxyl groups excluding tert-OH is 1. The fourth-order valence-electron chi connectivity index (χ4n) is 2.03. The smallest absolute Gasteiger partial charge is 0.161 e. The molecule has 0 unspecified atom stereocenters. The molecule has 5 N–H and O–H groups in total. The van der Waals surface area contributed by atoms with Crippen molar-refractivity contribution in [3.63, 3.8) is 0 Å². The monoisotopic (exact) mass is 261 g/mol. The minimum Gasteiger partial charge on any atom is -0.504 e. The lowest BCUT2D eigenvalue weighted by Crippen LogP contribution is -2.32. The number of aromatic hydroxyl groups is 2. The summed E-state index contributed by atoms with van der Waals surface area (Å²) in [5.74, 6) is -0.300. The average molecular weight is 262 g/mol. The molecule has 17 heavy (non-hydrogen) atoms. The summed E-state index contributed by atoms with van der Waals surface area (Å²) in [7, 11) is 0. The number of halogens is 1. The lowest BCUT2D eigenvalue weighted by molar-refractivity contribution is -0.0472. The van der Waals surface area contributed by atoms with Crippen molar-refractivity contribution in [2.45, 2.75) is 18.6 Å². The van der Waals surface area contributed by atoms with Crippen LogP contribution in [0.4, 0.5) is 0 Å². The molecule has 6 heteroatoms. The standard InChI is InChI=1S/C11H15NO4.ClH/c12-4-10-7-1-2-9(14)11(15)8(7)3-6(5-13)16-10;/h1-2,6,10,13-15H,3-5,12H2;1H/t6-,10-;/m0./s1. The van der Waals surface area contributed by atoms with Gasteiger partial charge in [0.05, 0.1) is 18.8 Å². The van der Waals surface area contributed by atoms with Crippen LogP contribution in [0.25, 0.3) is 0 Å². The molecule has 1 aliphatic rings. The first kappa shape index (κ1) is 14.1. The Labute approximate surface area is 105 Å². The van der Waals surface area contributed by atoms with Crippen LogP contribution >= 0.6 is 12.4 Å². The molecular weight excluding hydrogens is 246 g/mol. The normalized spacial score (nSPS) is 22.7. The van der Waals surface area contributed by atoms with Crippen LogP contribution in [0.3, 0.4) is 0 Å². The first-order valence-corrected chi connectivity index (χ1v) is 5.17. The molecule has 0 aliphatic carbocycles. The number of hydrogen-bond acceptors (Lipinski definition) is 5. The molecule has 1 aromatic rings. The van der Waals surface area contributed by atoms with Crippen LogP contribution in [-0.4, -0.2) is 34.6 Å². The van der Waals surface area contributed by atoms with Gasteiger partial charge >= 0.3 is 0 Å². The molecule has 2 atom stereocenters. The Morgan fingerprint density at radius 3 is 2.65 bits per heavy atom. The van der Waals surface area contributed by atoms with Gasteiger partial charge in [0.1, 0.15) is 0 Å². The Kier molecular flexibility index (Phi) is 4.59. The lowest BCUT2D eigenvalue weighted by atomic mass is 9.93. The highest BCUT2D eigenvalue weighted by Crippen LogP contribution is 2.39. The zero-order chi connectivity index (χ0) is 11.7. The molecule has 0 radical (unpaired) electrons. The van der Waals surface area contributed by atoms with Crippen molar-refractivity contribution in [3.8, 4) is 11.5 Å². The Bertz CT molecular complexity index is 399. The van der Waals surface area contributed by atoms with Crippen LogP contribution in [0, 0.1) is 0 Å². The highest BCUT2D eigenvalue weighted by molar-refractivity contribution is 5.85. The maximum Gasteiger partial charge on any atom is 0.161 e. The van der Waals surface area contributed by atoms with E-state index < -0.39 is 0 Å². The molecule has 5 nitrogen and oxygen atoms in total. The predicted octanol–water partition coefficient (Wildman–Crippen LogP) is 0.453. The molecule has 0 fully saturated rings. The molecule has 1 aromatic carbocycles. The molecule has 0 amide bonds. The molecule has 0 saturated carbocycles. The quantitative estimate of drug-likeness (QED) is 0.580. The zero-order valence-electron chi connectivity index (χ0n) is 9.17. The summed E-state index contributed by atoms with van der Waals surface area (Å²) in [6.45, 7) is 0.138. The second-order valence-corrected chi connectivity index (χ2v) is 3.87. The topological polar surface area (TPSA) is 95.9 Å². The van der Waals surface area contributed by atoms with Crippen LogP contribution in [-0.2, 0) is 11.2 Å². The van der Waals surface area contributed by atoms with E-state index in [-0.39, 0.29) is 49.3 Å². The number of aliphatic hydroxyl groups is 1. The number of rotatable bonds is 2. The highest BCUT2D eigenvalue weighted by Gasteiger charge is 2.29. The maximum atomic E-state index is 9.74. The Hall–Kier alpha value is -1.01. The fraction of sp³-hybridized carbons (Fsp3) is 0.455. The number of phenolic OH excluding ortho intramolecular Hbond substituents is 2. The summed E-state index contributed by atoms with van der Waals surface area (Å²) in [6, 6.07) is 3.11. The number of fused-ring (bicyclic) bond motifs is 1. The van der Waals surface area contributed by atoms with E-state index in [4.69, 9.17) is 15.6 Å². The second kappa shape index (κ2) is 5.55. The molecule has 1 heterocycles. The predicted molar refractivity (Wildman–Crippen MR) is 64.5 cm³/mol. The summed E-state index contributed by atoms with van der Waals surface area (Å²) >= 11 is 0. The first-order valence-electron chi connectivity index (χ1n) is 5.17. The van der Waals surface area contributed by atoms with Crippen molar-refractivity contribution in [1.29, 1.82) is 0 Å². The summed E-state index contributed by atoms with van der Waals surface area (Å²) in [6.07, 6.45) is -0.344. The third-order valence-electron chi connectivity index (χ3n) is 2.85. The van der Waals surface area contributed by atoms with Gasteiger partial charge in [-0.1, -0.05) is 6.07 Å². The minimum atomic E-state index is -0.381. The van der Waals surface area contributed by atoms with Gasteiger partial charge < -0.3 is 25.8 Å². The van der Waals surface area contributed by atoms with Gasteiger partial charge in [-0.15, -0.1) is 12.4 Å². The average Bonchev–Trinajstić information content (AvgIpc) is 2.32. The van der Waals surface area contributed by atoms with Crippen molar-refractivity contribution in [2.24, 2.45) is 5.73 Å². The number of phenols is 2. The van der Waals surface area contributed by atoms with Crippen molar-refractivity contribution in [2.75, 3.05) is 13.2 Å². The third kappa shape index (κ3) is 2.47. The van der Waals surface area contributed by atoms with Crippen molar-refractivity contribution in [3.05, 3.63) is 23.3 Å². The minimum absolute atomic E-state index is 0. The Morgan fingerprint density at radius 1 is 1.35 bits per heavy atom. The van der Waals surface area contributed by atoms with Crippen molar-refractivity contribution >= 4 is 12.4 Å². The molecule has 0 aromatic heterocycles. The first-order chi connectivity index (χ1) is 7.67. The number of nitrogens with two attached hydrogens (primary N) is 1. The molecule has 1 aliphatic heterocycles. The number of ether oxygens (including phenoxy) is 1. The maximum absolute atomic E-state index is 9.74. The van der Waals surface area contributed by atoms with E-state index in [1.165, 1.54) is 6.07 Å². The van der Waals surface area contributed by atoms with Crippen LogP contribution in [0.2, 0.25) is 0 Å². The summed E-state index contributed by atoms with van der Waals surface area (Å²) in [4.78, 5) is 0. The van der Waals surface area contributed by atoms with Gasteiger partial charge in [0.25, 0.3) is 0 Å². The Balaban J connectivity index is 0.00000144. The van der Waals surface area contributed by atoms with E-state index in [0.717, 1.165) is 5.56 Å². The number of hydrogen-bond donors (Lipinski definition) is 4. The van der Waals surface area contributed by atoms with E-state index in [0.29, 0.717) is 12.0 Å². The zero-order valence-corrected chi connectivity index (χ0v) is 9.98. The van der Waals surface area contributed by atoms with Gasteiger partial charge in [0.15, 0.2) is 11.5 Å². The molecule has 96 valence electrons. The van der Waals surface area contributed by atoms with Gasteiger partial charge in [-0.25, -0.2) is 0 Å². The van der Waals surface area contributed by atoms with E-state index >= 15 is 0 Å². The summed E-state index contributed by atoms with van der Waals surface area (Å²) in [5.41, 5.74) is 6.96. The largest absolute Gasteiger partial charge is 0.504 e. The molecular formula is C11H16ClNO4. The van der Waals surface area contributed by atoms with Crippen LogP contribution in [0.15, 0.2) is 12.1 Å². The van der Waals surface area contributed by atoms with Gasteiger partial charge in [0.2, 0.25) is 0 Å². The van der Waals surface area contributed by atoms with Gasteiger partial charge in [-0.3, -0.25) is 0 Å². The van der Waals surface area contributed by atoms with Crippen LogP contribution < -0.4 is 5.73 Å². The molecule has 0 saturated heterocycles. The lowest BCUT2D eigenvalue weighted by Gasteiger charge is -2.31. The summed E-state index contributed by atoms with van der Waals surface area (Å²) < 4.78 is 5.54. The SMILES string of the molecule is Cl.NC[C@@H]1O[C@H](CO)Cc2c1ccc(O)c2O. The number of benzene rings is 1. The van der Waals surface area contributed by atoms with Crippen molar-refractivity contribution in [1.82, 2.24) is 0 Å². The van der Waals surface area contributed by atoms with Gasteiger partial charge in [-0.2, -0.15) is 0 Å². The van der Waals surface area contributed by atoms with Gasteiger partial charge in [-0.05, 0) is 11.6 Å².